The Morgan fingerprint density at radius 2 is 1.79 bits per heavy atom. The number of ether oxygens (including phenoxy) is 1. The van der Waals surface area contributed by atoms with Crippen LogP contribution < -0.4 is 10.1 Å². The molecule has 0 radical (unpaired) electrons. The third-order valence-corrected chi connectivity index (χ3v) is 3.39. The Morgan fingerprint density at radius 3 is 2.46 bits per heavy atom. The molecule has 3 aromatic rings. The van der Waals surface area contributed by atoms with Gasteiger partial charge in [-0.05, 0) is 36.8 Å². The number of hydrogen-bond acceptors (Lipinski definition) is 4. The number of aromatic nitrogens is 2. The Hall–Kier alpha value is -3.21. The first-order chi connectivity index (χ1) is 11.7. The van der Waals surface area contributed by atoms with Gasteiger partial charge in [0.05, 0.1) is 12.6 Å². The quantitative estimate of drug-likeness (QED) is 0.778. The monoisotopic (exact) mass is 319 g/mol. The minimum Gasteiger partial charge on any atom is -0.438 e. The Bertz CT molecular complexity index is 800. The number of benzene rings is 2. The molecule has 0 fully saturated rings. The van der Waals surface area contributed by atoms with E-state index < -0.39 is 0 Å². The SMILES string of the molecule is Cc1ccc(CC(=O)Nc2ccc(Oc3cnccn3)cc2)cc1. The van der Waals surface area contributed by atoms with Crippen LogP contribution in [0.25, 0.3) is 0 Å². The van der Waals surface area contributed by atoms with E-state index in [0.29, 0.717) is 18.1 Å². The number of rotatable bonds is 5. The van der Waals surface area contributed by atoms with E-state index in [9.17, 15) is 4.79 Å². The van der Waals surface area contributed by atoms with Crippen LogP contribution in [-0.4, -0.2) is 15.9 Å². The summed E-state index contributed by atoms with van der Waals surface area (Å²) in [5, 5.41) is 2.87. The molecule has 0 aliphatic heterocycles. The van der Waals surface area contributed by atoms with Gasteiger partial charge in [-0.15, -0.1) is 0 Å². The molecule has 1 heterocycles. The summed E-state index contributed by atoms with van der Waals surface area (Å²) in [6, 6.07) is 15.1. The van der Waals surface area contributed by atoms with E-state index in [-0.39, 0.29) is 5.91 Å². The van der Waals surface area contributed by atoms with Crippen LogP contribution >= 0.6 is 0 Å². The van der Waals surface area contributed by atoms with Gasteiger partial charge in [0.1, 0.15) is 5.75 Å². The van der Waals surface area contributed by atoms with Crippen LogP contribution in [0.15, 0.2) is 67.1 Å². The molecule has 0 spiro atoms. The third kappa shape index (κ3) is 4.39. The zero-order valence-corrected chi connectivity index (χ0v) is 13.3. The molecule has 3 rings (SSSR count). The molecule has 0 saturated carbocycles. The number of aryl methyl sites for hydroxylation is 1. The van der Waals surface area contributed by atoms with Gasteiger partial charge in [-0.1, -0.05) is 29.8 Å². The summed E-state index contributed by atoms with van der Waals surface area (Å²) < 4.78 is 5.56. The van der Waals surface area contributed by atoms with Gasteiger partial charge in [0.15, 0.2) is 0 Å². The van der Waals surface area contributed by atoms with E-state index in [1.54, 1.807) is 36.7 Å². The molecule has 24 heavy (non-hydrogen) atoms. The van der Waals surface area contributed by atoms with Crippen molar-refractivity contribution in [2.24, 2.45) is 0 Å². The lowest BCUT2D eigenvalue weighted by Gasteiger charge is -2.07. The molecule has 5 nitrogen and oxygen atoms in total. The molecule has 0 bridgehead atoms. The van der Waals surface area contributed by atoms with Crippen molar-refractivity contribution >= 4 is 11.6 Å². The van der Waals surface area contributed by atoms with Gasteiger partial charge in [-0.2, -0.15) is 0 Å². The van der Waals surface area contributed by atoms with Crippen molar-refractivity contribution in [1.82, 2.24) is 9.97 Å². The van der Waals surface area contributed by atoms with Gasteiger partial charge in [0, 0.05) is 18.1 Å². The highest BCUT2D eigenvalue weighted by atomic mass is 16.5. The van der Waals surface area contributed by atoms with Gasteiger partial charge < -0.3 is 10.1 Å². The average molecular weight is 319 g/mol. The molecule has 0 saturated heterocycles. The van der Waals surface area contributed by atoms with Gasteiger partial charge in [-0.25, -0.2) is 4.98 Å². The van der Waals surface area contributed by atoms with Gasteiger partial charge in [0.2, 0.25) is 11.8 Å². The maximum Gasteiger partial charge on any atom is 0.237 e. The lowest BCUT2D eigenvalue weighted by molar-refractivity contribution is -0.115. The highest BCUT2D eigenvalue weighted by molar-refractivity contribution is 5.92. The molecule has 0 unspecified atom stereocenters. The summed E-state index contributed by atoms with van der Waals surface area (Å²) in [5.74, 6) is 1.00. The molecule has 5 heteroatoms. The van der Waals surface area contributed by atoms with E-state index in [1.165, 1.54) is 11.8 Å². The summed E-state index contributed by atoms with van der Waals surface area (Å²) >= 11 is 0. The van der Waals surface area contributed by atoms with Crippen LogP contribution in [0.5, 0.6) is 11.6 Å². The predicted octanol–water partition coefficient (Wildman–Crippen LogP) is 3.76. The van der Waals surface area contributed by atoms with Crippen LogP contribution in [0.1, 0.15) is 11.1 Å². The second-order valence-electron chi connectivity index (χ2n) is 5.38. The second-order valence-corrected chi connectivity index (χ2v) is 5.38. The topological polar surface area (TPSA) is 64.1 Å². The Kier molecular flexibility index (Phi) is 4.81. The Balaban J connectivity index is 1.57. The van der Waals surface area contributed by atoms with Gasteiger partial charge >= 0.3 is 0 Å². The minimum absolute atomic E-state index is 0.0542. The van der Waals surface area contributed by atoms with E-state index in [4.69, 9.17) is 4.74 Å². The molecule has 0 atom stereocenters. The average Bonchev–Trinajstić information content (AvgIpc) is 2.60. The number of nitrogens with zero attached hydrogens (tertiary/aromatic N) is 2. The molecule has 1 N–H and O–H groups in total. The fourth-order valence-corrected chi connectivity index (χ4v) is 2.16. The van der Waals surface area contributed by atoms with Crippen molar-refractivity contribution in [3.05, 3.63) is 78.2 Å². The third-order valence-electron chi connectivity index (χ3n) is 3.39. The van der Waals surface area contributed by atoms with Crippen molar-refractivity contribution in [2.45, 2.75) is 13.3 Å². The standard InChI is InChI=1S/C19H17N3O2/c1-14-2-4-15(5-3-14)12-18(23)22-16-6-8-17(9-7-16)24-19-13-20-10-11-21-19/h2-11,13H,12H2,1H3,(H,22,23). The maximum atomic E-state index is 12.1. The lowest BCUT2D eigenvalue weighted by Crippen LogP contribution is -2.14. The highest BCUT2D eigenvalue weighted by Crippen LogP contribution is 2.20. The largest absolute Gasteiger partial charge is 0.438 e. The van der Waals surface area contributed by atoms with Crippen molar-refractivity contribution in [3.8, 4) is 11.6 Å². The van der Waals surface area contributed by atoms with Crippen molar-refractivity contribution < 1.29 is 9.53 Å². The van der Waals surface area contributed by atoms with Crippen molar-refractivity contribution in [3.63, 3.8) is 0 Å². The van der Waals surface area contributed by atoms with Crippen molar-refractivity contribution in [2.75, 3.05) is 5.32 Å². The number of carbonyl (C=O) groups is 1. The zero-order valence-electron chi connectivity index (χ0n) is 13.3. The van der Waals surface area contributed by atoms with Crippen LogP contribution in [0.4, 0.5) is 5.69 Å². The molecular weight excluding hydrogens is 302 g/mol. The first-order valence-electron chi connectivity index (χ1n) is 7.58. The van der Waals surface area contributed by atoms with Gasteiger partial charge in [-0.3, -0.25) is 9.78 Å². The normalized spacial score (nSPS) is 10.2. The number of nitrogens with one attached hydrogen (secondary N) is 1. The van der Waals surface area contributed by atoms with E-state index in [1.807, 2.05) is 31.2 Å². The summed E-state index contributed by atoms with van der Waals surface area (Å²) in [6.07, 6.45) is 5.03. The summed E-state index contributed by atoms with van der Waals surface area (Å²) in [4.78, 5) is 20.1. The zero-order chi connectivity index (χ0) is 16.8. The van der Waals surface area contributed by atoms with E-state index in [2.05, 4.69) is 15.3 Å². The fraction of sp³-hybridized carbons (Fsp3) is 0.105. The fourth-order valence-electron chi connectivity index (χ4n) is 2.16. The molecule has 1 amide bonds. The molecule has 120 valence electrons. The summed E-state index contributed by atoms with van der Waals surface area (Å²) in [7, 11) is 0. The predicted molar refractivity (Wildman–Crippen MR) is 92.1 cm³/mol. The van der Waals surface area contributed by atoms with Crippen molar-refractivity contribution in [1.29, 1.82) is 0 Å². The number of amides is 1. The molecule has 1 aromatic heterocycles. The second kappa shape index (κ2) is 7.37. The number of hydrogen-bond donors (Lipinski definition) is 1. The van der Waals surface area contributed by atoms with Crippen LogP contribution in [-0.2, 0) is 11.2 Å². The highest BCUT2D eigenvalue weighted by Gasteiger charge is 2.05. The number of carbonyl (C=O) groups excluding carboxylic acids is 1. The van der Waals surface area contributed by atoms with Crippen LogP contribution in [0.3, 0.4) is 0 Å². The van der Waals surface area contributed by atoms with Gasteiger partial charge in [0.25, 0.3) is 0 Å². The maximum absolute atomic E-state index is 12.1. The molecule has 0 aliphatic carbocycles. The minimum atomic E-state index is -0.0542. The number of anilines is 1. The van der Waals surface area contributed by atoms with Crippen LogP contribution in [0.2, 0.25) is 0 Å². The van der Waals surface area contributed by atoms with E-state index in [0.717, 1.165) is 11.3 Å². The Labute approximate surface area is 140 Å². The molecular formula is C19H17N3O2. The first kappa shape index (κ1) is 15.7. The van der Waals surface area contributed by atoms with Crippen LogP contribution in [0, 0.1) is 6.92 Å². The Morgan fingerprint density at radius 1 is 1.04 bits per heavy atom. The molecule has 2 aromatic carbocycles. The summed E-state index contributed by atoms with van der Waals surface area (Å²) in [6.45, 7) is 2.02. The van der Waals surface area contributed by atoms with E-state index >= 15 is 0 Å². The lowest BCUT2D eigenvalue weighted by atomic mass is 10.1. The first-order valence-corrected chi connectivity index (χ1v) is 7.58. The summed E-state index contributed by atoms with van der Waals surface area (Å²) in [5.41, 5.74) is 2.89. The smallest absolute Gasteiger partial charge is 0.237 e. The molecule has 0 aliphatic rings.